The third kappa shape index (κ3) is 3.10. The number of aryl methyl sites for hydroxylation is 1. The lowest BCUT2D eigenvalue weighted by molar-refractivity contribution is -0.119. The molecule has 1 fully saturated rings. The van der Waals surface area contributed by atoms with Gasteiger partial charge in [-0.1, -0.05) is 0 Å². The van der Waals surface area contributed by atoms with Gasteiger partial charge >= 0.3 is 10.3 Å². The fourth-order valence-corrected chi connectivity index (χ4v) is 3.85. The lowest BCUT2D eigenvalue weighted by Gasteiger charge is -2.20. The molecule has 13 nitrogen and oxygen atoms in total. The van der Waals surface area contributed by atoms with Crippen molar-refractivity contribution in [1.29, 1.82) is 0 Å². The van der Waals surface area contributed by atoms with Gasteiger partial charge in [0, 0.05) is 12.8 Å². The molecular formula is C13H16N6O7S. The maximum atomic E-state index is 11.9. The second kappa shape index (κ2) is 6.35. The van der Waals surface area contributed by atoms with E-state index in [-0.39, 0.29) is 35.6 Å². The second-order valence-electron chi connectivity index (χ2n) is 6.14. The molecule has 2 bridgehead atoms. The van der Waals surface area contributed by atoms with Gasteiger partial charge in [-0.25, -0.2) is 19.7 Å². The Hall–Kier alpha value is -2.39. The van der Waals surface area contributed by atoms with Crippen LogP contribution in [-0.2, 0) is 30.4 Å². The van der Waals surface area contributed by atoms with Crippen LogP contribution in [0.15, 0.2) is 6.33 Å². The maximum Gasteiger partial charge on any atom is 0.362 e. The van der Waals surface area contributed by atoms with Crippen molar-refractivity contribution in [3.8, 4) is 0 Å². The Labute approximate surface area is 152 Å². The SMILES string of the molecule is Nc1ncnc2c1nc1n2[C@@H]2O[C@H](COS(=O)(=O)NC(=O)CC1)[C@@H](O)[C@H]2O. The van der Waals surface area contributed by atoms with Gasteiger partial charge in [-0.05, 0) is 0 Å². The van der Waals surface area contributed by atoms with Crippen LogP contribution in [0, 0.1) is 0 Å². The summed E-state index contributed by atoms with van der Waals surface area (Å²) in [6.07, 6.45) is -4.20. The number of imidazole rings is 1. The van der Waals surface area contributed by atoms with Crippen LogP contribution in [0.25, 0.3) is 11.2 Å². The number of fused-ring (bicyclic) bond motifs is 6. The molecule has 2 aromatic heterocycles. The Morgan fingerprint density at radius 3 is 2.81 bits per heavy atom. The molecule has 0 aromatic carbocycles. The number of nitrogens with zero attached hydrogens (tertiary/aromatic N) is 4. The molecule has 0 saturated carbocycles. The molecule has 14 heteroatoms. The summed E-state index contributed by atoms with van der Waals surface area (Å²) < 4.78 is 37.0. The number of nitrogens with one attached hydrogen (secondary N) is 1. The number of nitrogens with two attached hydrogens (primary N) is 1. The van der Waals surface area contributed by atoms with E-state index >= 15 is 0 Å². The molecule has 4 atom stereocenters. The van der Waals surface area contributed by atoms with Crippen molar-refractivity contribution in [2.24, 2.45) is 0 Å². The van der Waals surface area contributed by atoms with Gasteiger partial charge in [0.25, 0.3) is 0 Å². The van der Waals surface area contributed by atoms with E-state index in [4.69, 9.17) is 10.5 Å². The van der Waals surface area contributed by atoms with E-state index in [1.807, 2.05) is 0 Å². The average Bonchev–Trinajstić information content (AvgIpc) is 3.10. The first-order valence-electron chi connectivity index (χ1n) is 7.95. The van der Waals surface area contributed by atoms with E-state index in [0.717, 1.165) is 0 Å². The quantitative estimate of drug-likeness (QED) is 0.361. The maximum absolute atomic E-state index is 11.9. The van der Waals surface area contributed by atoms with E-state index < -0.39 is 47.4 Å². The molecule has 27 heavy (non-hydrogen) atoms. The summed E-state index contributed by atoms with van der Waals surface area (Å²) in [5, 5.41) is 20.7. The molecule has 4 heterocycles. The van der Waals surface area contributed by atoms with Crippen LogP contribution in [-0.4, -0.2) is 69.0 Å². The van der Waals surface area contributed by atoms with Crippen molar-refractivity contribution in [2.45, 2.75) is 37.4 Å². The molecule has 0 spiro atoms. The van der Waals surface area contributed by atoms with Gasteiger partial charge in [0.2, 0.25) is 5.91 Å². The van der Waals surface area contributed by atoms with Crippen molar-refractivity contribution in [1.82, 2.24) is 24.2 Å². The topological polar surface area (TPSA) is 192 Å². The largest absolute Gasteiger partial charge is 0.387 e. The van der Waals surface area contributed by atoms with E-state index in [2.05, 4.69) is 19.1 Å². The minimum absolute atomic E-state index is 0.00943. The number of ether oxygens (including phenoxy) is 1. The Kier molecular flexibility index (Phi) is 4.23. The normalized spacial score (nSPS) is 31.0. The van der Waals surface area contributed by atoms with Gasteiger partial charge < -0.3 is 20.7 Å². The Morgan fingerprint density at radius 2 is 2.04 bits per heavy atom. The molecule has 2 aliphatic heterocycles. The van der Waals surface area contributed by atoms with E-state index in [1.54, 1.807) is 4.72 Å². The predicted molar refractivity (Wildman–Crippen MR) is 87.0 cm³/mol. The van der Waals surface area contributed by atoms with Gasteiger partial charge in [0.15, 0.2) is 23.2 Å². The molecule has 5 N–H and O–H groups in total. The number of carbonyl (C=O) groups is 1. The first-order valence-corrected chi connectivity index (χ1v) is 9.36. The minimum Gasteiger partial charge on any atom is -0.387 e. The van der Waals surface area contributed by atoms with Crippen molar-refractivity contribution < 1.29 is 32.3 Å². The summed E-state index contributed by atoms with van der Waals surface area (Å²) in [7, 11) is -4.38. The zero-order valence-electron chi connectivity index (χ0n) is 13.7. The number of aliphatic hydroxyl groups excluding tert-OH is 2. The van der Waals surface area contributed by atoms with Gasteiger partial charge in [0.1, 0.15) is 30.5 Å². The van der Waals surface area contributed by atoms with Crippen LogP contribution >= 0.6 is 0 Å². The van der Waals surface area contributed by atoms with Crippen LogP contribution in [0.1, 0.15) is 18.5 Å². The van der Waals surface area contributed by atoms with Crippen molar-refractivity contribution in [3.05, 3.63) is 12.2 Å². The Bertz CT molecular complexity index is 1010. The van der Waals surface area contributed by atoms with Crippen LogP contribution in [0.3, 0.4) is 0 Å². The third-order valence-electron chi connectivity index (χ3n) is 4.37. The summed E-state index contributed by atoms with van der Waals surface area (Å²) in [5.74, 6) is -0.449. The fraction of sp³-hybridized carbons (Fsp3) is 0.538. The van der Waals surface area contributed by atoms with Crippen molar-refractivity contribution >= 4 is 33.2 Å². The van der Waals surface area contributed by atoms with E-state index in [1.165, 1.54) is 10.9 Å². The summed E-state index contributed by atoms with van der Waals surface area (Å²) in [5.41, 5.74) is 6.31. The molecule has 2 aromatic rings. The Balaban J connectivity index is 1.85. The number of hydrogen-bond acceptors (Lipinski definition) is 11. The van der Waals surface area contributed by atoms with Gasteiger partial charge in [-0.3, -0.25) is 13.5 Å². The summed E-state index contributed by atoms with van der Waals surface area (Å²) >= 11 is 0. The van der Waals surface area contributed by atoms with Crippen molar-refractivity contribution in [2.75, 3.05) is 12.3 Å². The zero-order valence-corrected chi connectivity index (χ0v) is 14.5. The third-order valence-corrected chi connectivity index (χ3v) is 5.30. The van der Waals surface area contributed by atoms with Crippen LogP contribution in [0.5, 0.6) is 0 Å². The highest BCUT2D eigenvalue weighted by Gasteiger charge is 2.46. The number of anilines is 1. The molecule has 0 radical (unpaired) electrons. The van der Waals surface area contributed by atoms with Crippen LogP contribution < -0.4 is 10.5 Å². The van der Waals surface area contributed by atoms with Crippen molar-refractivity contribution in [3.63, 3.8) is 0 Å². The number of nitrogen functional groups attached to an aromatic ring is 1. The minimum atomic E-state index is -4.38. The van der Waals surface area contributed by atoms with E-state index in [9.17, 15) is 23.4 Å². The molecule has 1 saturated heterocycles. The predicted octanol–water partition coefficient (Wildman–Crippen LogP) is -2.65. The van der Waals surface area contributed by atoms with Gasteiger partial charge in [-0.15, -0.1) is 0 Å². The summed E-state index contributed by atoms with van der Waals surface area (Å²) in [6.45, 7) is -0.601. The molecule has 2 aliphatic rings. The number of amides is 1. The number of rotatable bonds is 0. The lowest BCUT2D eigenvalue weighted by atomic mass is 10.1. The smallest absolute Gasteiger partial charge is 0.362 e. The molecule has 1 amide bonds. The highest BCUT2D eigenvalue weighted by atomic mass is 32.2. The highest BCUT2D eigenvalue weighted by molar-refractivity contribution is 7.85. The molecule has 0 aliphatic carbocycles. The number of hydrogen-bond donors (Lipinski definition) is 4. The fourth-order valence-electron chi connectivity index (χ4n) is 3.10. The van der Waals surface area contributed by atoms with Crippen LogP contribution in [0.2, 0.25) is 0 Å². The van der Waals surface area contributed by atoms with Gasteiger partial charge in [0.05, 0.1) is 6.61 Å². The lowest BCUT2D eigenvalue weighted by Crippen LogP contribution is -2.37. The zero-order chi connectivity index (χ0) is 19.3. The van der Waals surface area contributed by atoms with Gasteiger partial charge in [-0.2, -0.15) is 8.42 Å². The Morgan fingerprint density at radius 1 is 1.26 bits per heavy atom. The summed E-state index contributed by atoms with van der Waals surface area (Å²) in [6, 6.07) is 0. The average molecular weight is 400 g/mol. The standard InChI is InChI=1S/C13H16N6O7S/c14-11-8-12(16-4-15-11)19-6(17-8)1-2-7(20)18-27(23,24)25-3-5-9(21)10(22)13(19)26-5/h4-5,9-10,13,21-22H,1-3H2,(H,18,20)(H2,14,15,16)/t5-,9-,10-,13-/m1/s1. The molecular weight excluding hydrogens is 384 g/mol. The highest BCUT2D eigenvalue weighted by Crippen LogP contribution is 2.34. The first kappa shape index (κ1) is 18.0. The molecule has 0 unspecified atom stereocenters. The van der Waals surface area contributed by atoms with E-state index in [0.29, 0.717) is 0 Å². The number of aromatic nitrogens is 4. The molecule has 4 rings (SSSR count). The van der Waals surface area contributed by atoms with Crippen LogP contribution in [0.4, 0.5) is 5.82 Å². The number of carbonyl (C=O) groups excluding carboxylic acids is 1. The summed E-state index contributed by atoms with van der Waals surface area (Å²) in [4.78, 5) is 24.2. The first-order chi connectivity index (χ1) is 12.8. The number of aliphatic hydroxyl groups is 2. The monoisotopic (exact) mass is 400 g/mol. The second-order valence-corrected chi connectivity index (χ2v) is 7.49. The molecule has 146 valence electrons.